The second-order valence-corrected chi connectivity index (χ2v) is 7.17. The van der Waals surface area contributed by atoms with Crippen LogP contribution >= 0.6 is 0 Å². The van der Waals surface area contributed by atoms with Gasteiger partial charge in [0, 0.05) is 25.6 Å². The van der Waals surface area contributed by atoms with Gasteiger partial charge in [-0.25, -0.2) is 4.79 Å². The van der Waals surface area contributed by atoms with Crippen molar-refractivity contribution in [3.05, 3.63) is 0 Å². The number of ether oxygens (including phenoxy) is 1. The van der Waals surface area contributed by atoms with Gasteiger partial charge in [-0.2, -0.15) is 0 Å². The van der Waals surface area contributed by atoms with E-state index in [1.165, 1.54) is 0 Å². The van der Waals surface area contributed by atoms with Gasteiger partial charge in [0.25, 0.3) is 0 Å². The molecule has 1 spiro atoms. The summed E-state index contributed by atoms with van der Waals surface area (Å²) in [6.45, 7) is 9.19. The third kappa shape index (κ3) is 3.44. The first kappa shape index (κ1) is 15.6. The van der Waals surface area contributed by atoms with Crippen LogP contribution in [0, 0.1) is 11.3 Å². The van der Waals surface area contributed by atoms with Gasteiger partial charge in [0.05, 0.1) is 0 Å². The van der Waals surface area contributed by atoms with Crippen LogP contribution in [0.15, 0.2) is 0 Å². The fourth-order valence-electron chi connectivity index (χ4n) is 3.44. The molecule has 2 fully saturated rings. The lowest BCUT2D eigenvalue weighted by atomic mass is 9.65. The highest BCUT2D eigenvalue weighted by atomic mass is 16.6. The highest BCUT2D eigenvalue weighted by molar-refractivity contribution is 5.68. The van der Waals surface area contributed by atoms with Crippen molar-refractivity contribution in [1.29, 1.82) is 0 Å². The lowest BCUT2D eigenvalue weighted by molar-refractivity contribution is -0.0348. The highest BCUT2D eigenvalue weighted by Crippen LogP contribution is 2.43. The van der Waals surface area contributed by atoms with Crippen LogP contribution < -0.4 is 5.32 Å². The number of carbonyl (C=O) groups is 1. The molecule has 2 rings (SSSR count). The molecule has 2 aliphatic rings. The normalized spacial score (nSPS) is 26.6. The summed E-state index contributed by atoms with van der Waals surface area (Å²) < 4.78 is 5.44. The van der Waals surface area contributed by atoms with Crippen molar-refractivity contribution in [1.82, 2.24) is 10.2 Å². The summed E-state index contributed by atoms with van der Waals surface area (Å²) in [5.74, 6) is 0.172. The molecule has 2 heterocycles. The smallest absolute Gasteiger partial charge is 0.410 e. The zero-order valence-corrected chi connectivity index (χ0v) is 12.9. The van der Waals surface area contributed by atoms with Crippen LogP contribution in [0.2, 0.25) is 0 Å². The van der Waals surface area contributed by atoms with E-state index in [1.54, 1.807) is 4.90 Å². The Hall–Kier alpha value is -0.810. The Kier molecular flexibility index (Phi) is 4.59. The molecule has 20 heavy (non-hydrogen) atoms. The summed E-state index contributed by atoms with van der Waals surface area (Å²) in [6.07, 6.45) is 2.92. The summed E-state index contributed by atoms with van der Waals surface area (Å²) in [7, 11) is 0. The number of aliphatic hydroxyl groups excluding tert-OH is 1. The van der Waals surface area contributed by atoms with Crippen LogP contribution in [0.4, 0.5) is 4.79 Å². The monoisotopic (exact) mass is 284 g/mol. The van der Waals surface area contributed by atoms with Gasteiger partial charge >= 0.3 is 6.09 Å². The second kappa shape index (κ2) is 5.90. The van der Waals surface area contributed by atoms with E-state index in [9.17, 15) is 9.90 Å². The van der Waals surface area contributed by atoms with Gasteiger partial charge < -0.3 is 20.1 Å². The Bertz CT molecular complexity index is 346. The topological polar surface area (TPSA) is 61.8 Å². The summed E-state index contributed by atoms with van der Waals surface area (Å²) in [5, 5.41) is 13.1. The van der Waals surface area contributed by atoms with Crippen LogP contribution in [0.25, 0.3) is 0 Å². The van der Waals surface area contributed by atoms with E-state index in [0.29, 0.717) is 6.54 Å². The molecule has 0 saturated carbocycles. The number of nitrogens with zero attached hydrogens (tertiary/aromatic N) is 1. The number of rotatable bonds is 1. The molecule has 5 heteroatoms. The number of hydrogen-bond donors (Lipinski definition) is 2. The molecule has 0 aliphatic carbocycles. The first-order chi connectivity index (χ1) is 9.36. The molecule has 0 bridgehead atoms. The molecule has 2 aliphatic heterocycles. The van der Waals surface area contributed by atoms with E-state index >= 15 is 0 Å². The first-order valence-electron chi connectivity index (χ1n) is 7.66. The molecule has 1 amide bonds. The van der Waals surface area contributed by atoms with E-state index < -0.39 is 5.60 Å². The number of likely N-dealkylation sites (tertiary alicyclic amines) is 1. The summed E-state index contributed by atoms with van der Waals surface area (Å²) in [4.78, 5) is 13.9. The molecule has 1 atom stereocenters. The standard InChI is InChI=1S/C15H28N2O3/c1-14(2,3)20-13(19)17-9-6-15(12(10-17)11-18)4-7-16-8-5-15/h12,16,18H,4-11H2,1-3H3/t12-/m0/s1. The molecule has 0 unspecified atom stereocenters. The Labute approximate surface area is 121 Å². The third-order valence-corrected chi connectivity index (χ3v) is 4.66. The van der Waals surface area contributed by atoms with Crippen LogP contribution in [0.1, 0.15) is 40.0 Å². The number of piperidine rings is 2. The minimum Gasteiger partial charge on any atom is -0.444 e. The van der Waals surface area contributed by atoms with E-state index in [0.717, 1.165) is 38.9 Å². The van der Waals surface area contributed by atoms with Gasteiger partial charge in [-0.05, 0) is 58.5 Å². The molecular weight excluding hydrogens is 256 g/mol. The average Bonchev–Trinajstić information content (AvgIpc) is 2.38. The Morgan fingerprint density at radius 1 is 1.35 bits per heavy atom. The van der Waals surface area contributed by atoms with Gasteiger partial charge in [0.2, 0.25) is 0 Å². The van der Waals surface area contributed by atoms with Crippen molar-refractivity contribution in [3.63, 3.8) is 0 Å². The largest absolute Gasteiger partial charge is 0.444 e. The van der Waals surface area contributed by atoms with Gasteiger partial charge in [-0.3, -0.25) is 0 Å². The average molecular weight is 284 g/mol. The SMILES string of the molecule is CC(C)(C)OC(=O)N1CCC2(CCNCC2)[C@H](CO)C1. The number of carbonyl (C=O) groups excluding carboxylic acids is 1. The third-order valence-electron chi connectivity index (χ3n) is 4.66. The predicted octanol–water partition coefficient (Wildman–Crippen LogP) is 1.61. The van der Waals surface area contributed by atoms with E-state index in [-0.39, 0.29) is 24.0 Å². The zero-order chi connectivity index (χ0) is 14.8. The van der Waals surface area contributed by atoms with Crippen molar-refractivity contribution in [3.8, 4) is 0 Å². The first-order valence-corrected chi connectivity index (χ1v) is 7.66. The fraction of sp³-hybridized carbons (Fsp3) is 0.933. The van der Waals surface area contributed by atoms with Gasteiger partial charge in [0.1, 0.15) is 5.60 Å². The molecule has 2 saturated heterocycles. The molecule has 0 radical (unpaired) electrons. The quantitative estimate of drug-likeness (QED) is 0.768. The molecular formula is C15H28N2O3. The van der Waals surface area contributed by atoms with Crippen LogP contribution in [0.5, 0.6) is 0 Å². The minimum absolute atomic E-state index is 0.152. The van der Waals surface area contributed by atoms with Crippen molar-refractivity contribution in [2.75, 3.05) is 32.8 Å². The molecule has 0 aromatic rings. The Morgan fingerprint density at radius 2 is 2.00 bits per heavy atom. The van der Waals surface area contributed by atoms with Crippen LogP contribution in [-0.2, 0) is 4.74 Å². The molecule has 0 aromatic carbocycles. The number of amides is 1. The van der Waals surface area contributed by atoms with Crippen molar-refractivity contribution < 1.29 is 14.6 Å². The lowest BCUT2D eigenvalue weighted by Gasteiger charge is -2.49. The van der Waals surface area contributed by atoms with Crippen molar-refractivity contribution >= 4 is 6.09 Å². The maximum absolute atomic E-state index is 12.2. The van der Waals surface area contributed by atoms with Crippen molar-refractivity contribution in [2.24, 2.45) is 11.3 Å². The van der Waals surface area contributed by atoms with Crippen LogP contribution in [-0.4, -0.2) is 54.5 Å². The predicted molar refractivity (Wildman–Crippen MR) is 77.5 cm³/mol. The van der Waals surface area contributed by atoms with Gasteiger partial charge in [0.15, 0.2) is 0 Å². The molecule has 116 valence electrons. The maximum atomic E-state index is 12.2. The summed E-state index contributed by atoms with van der Waals surface area (Å²) in [5.41, 5.74) is -0.256. The Morgan fingerprint density at radius 3 is 2.55 bits per heavy atom. The molecule has 2 N–H and O–H groups in total. The van der Waals surface area contributed by atoms with Gasteiger partial charge in [-0.15, -0.1) is 0 Å². The Balaban J connectivity index is 2.00. The van der Waals surface area contributed by atoms with Crippen molar-refractivity contribution in [2.45, 2.75) is 45.6 Å². The number of aliphatic hydroxyl groups is 1. The zero-order valence-electron chi connectivity index (χ0n) is 12.9. The van der Waals surface area contributed by atoms with E-state index in [2.05, 4.69) is 5.32 Å². The lowest BCUT2D eigenvalue weighted by Crippen LogP contribution is -2.54. The summed E-state index contributed by atoms with van der Waals surface area (Å²) >= 11 is 0. The van der Waals surface area contributed by atoms with E-state index in [1.807, 2.05) is 20.8 Å². The van der Waals surface area contributed by atoms with E-state index in [4.69, 9.17) is 4.74 Å². The highest BCUT2D eigenvalue weighted by Gasteiger charge is 2.44. The summed E-state index contributed by atoms with van der Waals surface area (Å²) in [6, 6.07) is 0. The molecule has 0 aromatic heterocycles. The molecule has 5 nitrogen and oxygen atoms in total. The van der Waals surface area contributed by atoms with Crippen LogP contribution in [0.3, 0.4) is 0 Å². The minimum atomic E-state index is -0.463. The second-order valence-electron chi connectivity index (χ2n) is 7.17. The number of nitrogens with one attached hydrogen (secondary N) is 1. The fourth-order valence-corrected chi connectivity index (χ4v) is 3.44. The van der Waals surface area contributed by atoms with Gasteiger partial charge in [-0.1, -0.05) is 0 Å². The maximum Gasteiger partial charge on any atom is 0.410 e. The number of hydrogen-bond acceptors (Lipinski definition) is 4.